The Morgan fingerprint density at radius 3 is 2.50 bits per heavy atom. The second-order valence-corrected chi connectivity index (χ2v) is 8.84. The molecule has 0 radical (unpaired) electrons. The van der Waals surface area contributed by atoms with Crippen molar-refractivity contribution < 1.29 is 42.0 Å². The normalized spacial score (nSPS) is 31.5. The molecule has 0 saturated carbocycles. The Morgan fingerprint density at radius 2 is 1.90 bits per heavy atom. The molecule has 0 spiro atoms. The molecule has 3 N–H and O–H groups in total. The largest absolute Gasteiger partial charge is 0.432 e. The number of hydrogen-bond donors (Lipinski definition) is 3. The first-order valence-electron chi connectivity index (χ1n) is 9.60. The van der Waals surface area contributed by atoms with Gasteiger partial charge in [0.1, 0.15) is 0 Å². The minimum Gasteiger partial charge on any atom is -0.396 e. The Morgan fingerprint density at radius 1 is 1.23 bits per heavy atom. The third-order valence-electron chi connectivity index (χ3n) is 6.31. The van der Waals surface area contributed by atoms with Gasteiger partial charge in [0.25, 0.3) is 0 Å². The summed E-state index contributed by atoms with van der Waals surface area (Å²) in [6, 6.07) is 6.92. The minimum absolute atomic E-state index is 0.0412. The Balaban J connectivity index is 2.18. The van der Waals surface area contributed by atoms with Crippen molar-refractivity contribution in [2.75, 3.05) is 13.7 Å². The molecule has 0 unspecified atom stereocenters. The summed E-state index contributed by atoms with van der Waals surface area (Å²) in [6.07, 6.45) is 1.04. The van der Waals surface area contributed by atoms with Crippen LogP contribution < -0.4 is 0 Å². The molecule has 2 saturated heterocycles. The summed E-state index contributed by atoms with van der Waals surface area (Å²) in [7, 11) is -3.43. The molecule has 1 aromatic carbocycles. The van der Waals surface area contributed by atoms with Crippen molar-refractivity contribution in [3.8, 4) is 0 Å². The predicted octanol–water partition coefficient (Wildman–Crippen LogP) is 0.503. The van der Waals surface area contributed by atoms with E-state index in [2.05, 4.69) is 9.22 Å². The molecule has 10 nitrogen and oxygen atoms in total. The zero-order valence-corrected chi connectivity index (χ0v) is 17.2. The molecule has 3 rings (SSSR count). The lowest BCUT2D eigenvalue weighted by Crippen LogP contribution is -2.71. The van der Waals surface area contributed by atoms with Crippen LogP contribution >= 0.6 is 0 Å². The second kappa shape index (κ2) is 8.33. The highest BCUT2D eigenvalue weighted by Gasteiger charge is 2.72. The van der Waals surface area contributed by atoms with E-state index in [1.165, 1.54) is 12.1 Å². The molecule has 2 heterocycles. The molecule has 30 heavy (non-hydrogen) atoms. The summed E-state index contributed by atoms with van der Waals surface area (Å²) in [5.41, 5.74) is -4.03. The van der Waals surface area contributed by atoms with Crippen LogP contribution in [0.3, 0.4) is 0 Å². The number of Topliss-reactive ketones (excluding diaryl/α,β-unsaturated/α-hetero) is 1. The molecule has 11 heteroatoms. The molecule has 0 aliphatic carbocycles. The third-order valence-corrected chi connectivity index (χ3v) is 6.55. The quantitative estimate of drug-likeness (QED) is 0.170. The van der Waals surface area contributed by atoms with Gasteiger partial charge >= 0.3 is 16.4 Å². The Kier molecular flexibility index (Phi) is 6.33. The molecule has 0 amide bonds. The van der Waals surface area contributed by atoms with Gasteiger partial charge < -0.3 is 10.2 Å². The molecule has 2 fully saturated rings. The van der Waals surface area contributed by atoms with Gasteiger partial charge in [-0.05, 0) is 43.5 Å². The molecule has 1 aromatic rings. The van der Waals surface area contributed by atoms with E-state index in [-0.39, 0.29) is 37.5 Å². The number of piperidine rings is 1. The van der Waals surface area contributed by atoms with Crippen LogP contribution in [-0.2, 0) is 24.4 Å². The molecular formula is C19H25NO9S. The van der Waals surface area contributed by atoms with Crippen molar-refractivity contribution in [1.29, 1.82) is 0 Å². The summed E-state index contributed by atoms with van der Waals surface area (Å²) in [5, 5.41) is 21.0. The standard InChI is InChI=1S/C19H25NO9S/c1-20-14-8-9-15(20)19(17(23)28-29-30(25,26)27,18(24,12-14)10-5-11-21)16(22)13-6-3-2-4-7-13/h2-4,6-7,14-15,21,24H,5,8-12H2,1H3,(H,25,26,27)/t14-,15+,18-,19+/m0/s1. The van der Waals surface area contributed by atoms with E-state index in [1.807, 2.05) is 4.90 Å². The number of carbonyl (C=O) groups excluding carboxylic acids is 2. The fraction of sp³-hybridized carbons (Fsp3) is 0.579. The number of hydrogen-bond acceptors (Lipinski definition) is 9. The number of carbonyl (C=O) groups is 2. The molecule has 2 aliphatic rings. The minimum atomic E-state index is -5.15. The van der Waals surface area contributed by atoms with Crippen LogP contribution in [0.2, 0.25) is 0 Å². The van der Waals surface area contributed by atoms with Crippen molar-refractivity contribution >= 4 is 22.2 Å². The third kappa shape index (κ3) is 3.77. The van der Waals surface area contributed by atoms with Crippen molar-refractivity contribution in [2.24, 2.45) is 5.41 Å². The highest BCUT2D eigenvalue weighted by Crippen LogP contribution is 2.55. The van der Waals surface area contributed by atoms with E-state index in [0.29, 0.717) is 12.8 Å². The topological polar surface area (TPSA) is 151 Å². The van der Waals surface area contributed by atoms with E-state index in [4.69, 9.17) is 4.55 Å². The van der Waals surface area contributed by atoms with Gasteiger partial charge in [-0.1, -0.05) is 30.3 Å². The SMILES string of the molecule is CN1[C@H]2CC[C@@H]1[C@](C(=O)OOS(=O)(=O)O)(C(=O)c1ccccc1)[C@](O)(CCCO)C2. The molecule has 4 atom stereocenters. The maximum absolute atomic E-state index is 13.8. The summed E-state index contributed by atoms with van der Waals surface area (Å²) >= 11 is 0. The number of nitrogens with zero attached hydrogens (tertiary/aromatic N) is 1. The summed E-state index contributed by atoms with van der Waals surface area (Å²) in [6.45, 7) is -0.278. The zero-order chi connectivity index (χ0) is 22.2. The van der Waals surface area contributed by atoms with Gasteiger partial charge in [-0.25, -0.2) is 4.79 Å². The monoisotopic (exact) mass is 443 g/mol. The Bertz CT molecular complexity index is 906. The molecule has 2 bridgehead atoms. The van der Waals surface area contributed by atoms with Gasteiger partial charge in [0.2, 0.25) is 0 Å². The molecular weight excluding hydrogens is 418 g/mol. The van der Waals surface area contributed by atoms with Crippen molar-refractivity contribution in [2.45, 2.75) is 49.8 Å². The van der Waals surface area contributed by atoms with Gasteiger partial charge in [-0.3, -0.25) is 19.1 Å². The number of fused-ring (bicyclic) bond motifs is 2. The van der Waals surface area contributed by atoms with Crippen LogP contribution in [0.4, 0.5) is 0 Å². The van der Waals surface area contributed by atoms with E-state index in [0.717, 1.165) is 0 Å². The molecule has 166 valence electrons. The zero-order valence-electron chi connectivity index (χ0n) is 16.4. The van der Waals surface area contributed by atoms with Crippen LogP contribution in [0.5, 0.6) is 0 Å². The van der Waals surface area contributed by atoms with Crippen molar-refractivity contribution in [3.05, 3.63) is 35.9 Å². The maximum Gasteiger partial charge on any atom is 0.432 e. The van der Waals surface area contributed by atoms with Crippen LogP contribution in [0.1, 0.15) is 42.5 Å². The lowest BCUT2D eigenvalue weighted by Gasteiger charge is -2.54. The fourth-order valence-electron chi connectivity index (χ4n) is 5.05. The smallest absolute Gasteiger partial charge is 0.396 e. The first-order valence-corrected chi connectivity index (χ1v) is 11.0. The number of ketones is 1. The first kappa shape index (κ1) is 22.8. The van der Waals surface area contributed by atoms with Gasteiger partial charge in [0.15, 0.2) is 11.2 Å². The lowest BCUT2D eigenvalue weighted by molar-refractivity contribution is -0.245. The maximum atomic E-state index is 13.8. The first-order chi connectivity index (χ1) is 14.1. The Labute approximate surface area is 174 Å². The van der Waals surface area contributed by atoms with Gasteiger partial charge in [0.05, 0.1) is 5.60 Å². The molecule has 2 aliphatic heterocycles. The Hall–Kier alpha value is -1.89. The van der Waals surface area contributed by atoms with Crippen molar-refractivity contribution in [3.63, 3.8) is 0 Å². The van der Waals surface area contributed by atoms with Crippen LogP contribution in [0, 0.1) is 5.41 Å². The van der Waals surface area contributed by atoms with Gasteiger partial charge in [0, 0.05) is 24.3 Å². The lowest BCUT2D eigenvalue weighted by atomic mass is 9.58. The second-order valence-electron chi connectivity index (χ2n) is 7.85. The van der Waals surface area contributed by atoms with Crippen LogP contribution in [0.15, 0.2) is 30.3 Å². The number of rotatable bonds is 8. The van der Waals surface area contributed by atoms with Gasteiger partial charge in [-0.15, -0.1) is 0 Å². The van der Waals surface area contributed by atoms with E-state index in [1.54, 1.807) is 25.2 Å². The number of benzene rings is 1. The van der Waals surface area contributed by atoms with Crippen LogP contribution in [0.25, 0.3) is 0 Å². The highest BCUT2D eigenvalue weighted by molar-refractivity contribution is 7.80. The van der Waals surface area contributed by atoms with Gasteiger partial charge in [-0.2, -0.15) is 8.42 Å². The summed E-state index contributed by atoms with van der Waals surface area (Å²) in [5.74, 6) is -2.16. The van der Waals surface area contributed by atoms with E-state index in [9.17, 15) is 28.2 Å². The fourth-order valence-corrected chi connectivity index (χ4v) is 5.20. The summed E-state index contributed by atoms with van der Waals surface area (Å²) < 4.78 is 34.7. The van der Waals surface area contributed by atoms with E-state index >= 15 is 0 Å². The van der Waals surface area contributed by atoms with Crippen LogP contribution in [-0.4, -0.2) is 71.2 Å². The predicted molar refractivity (Wildman–Crippen MR) is 102 cm³/mol. The average Bonchev–Trinajstić information content (AvgIpc) is 2.98. The number of aliphatic hydroxyl groups excluding tert-OH is 1. The molecule has 0 aromatic heterocycles. The van der Waals surface area contributed by atoms with E-state index < -0.39 is 39.2 Å². The summed E-state index contributed by atoms with van der Waals surface area (Å²) in [4.78, 5) is 33.3. The highest BCUT2D eigenvalue weighted by atomic mass is 32.3. The number of aliphatic hydroxyl groups is 2. The van der Waals surface area contributed by atoms with Crippen molar-refractivity contribution in [1.82, 2.24) is 4.90 Å². The average molecular weight is 443 g/mol.